The van der Waals surface area contributed by atoms with Gasteiger partial charge in [0.1, 0.15) is 0 Å². The van der Waals surface area contributed by atoms with E-state index in [0.717, 1.165) is 19.3 Å². The summed E-state index contributed by atoms with van der Waals surface area (Å²) in [4.78, 5) is 36.8. The minimum Gasteiger partial charge on any atom is -0.354 e. The molecule has 2 rings (SSSR count). The zero-order chi connectivity index (χ0) is 15.8. The molecule has 1 fully saturated rings. The van der Waals surface area contributed by atoms with Gasteiger partial charge in [-0.3, -0.25) is 14.4 Å². The van der Waals surface area contributed by atoms with Gasteiger partial charge in [-0.2, -0.15) is 0 Å². The lowest BCUT2D eigenvalue weighted by molar-refractivity contribution is -0.135. The first-order valence-electron chi connectivity index (χ1n) is 7.87. The standard InChI is InChI=1S/C16H23N3O3/c20-14(13-19-11-4-1-2-7-16(19)22)17-9-6-12-18-10-5-3-8-15(18)21/h3,5,8,10H,1-2,4,6-7,9,11-13H2,(H,17,20). The molecular formula is C16H23N3O3. The van der Waals surface area contributed by atoms with Crippen LogP contribution in [0.15, 0.2) is 29.2 Å². The Morgan fingerprint density at radius 1 is 1.18 bits per heavy atom. The number of pyridine rings is 1. The Balaban J connectivity index is 1.68. The smallest absolute Gasteiger partial charge is 0.250 e. The third-order valence-electron chi connectivity index (χ3n) is 3.80. The highest BCUT2D eigenvalue weighted by Gasteiger charge is 2.18. The molecule has 0 atom stereocenters. The van der Waals surface area contributed by atoms with Crippen molar-refractivity contribution in [3.8, 4) is 0 Å². The Morgan fingerprint density at radius 2 is 2.05 bits per heavy atom. The average Bonchev–Trinajstić information content (AvgIpc) is 2.70. The van der Waals surface area contributed by atoms with E-state index < -0.39 is 0 Å². The maximum Gasteiger partial charge on any atom is 0.250 e. The van der Waals surface area contributed by atoms with Crippen LogP contribution in [-0.2, 0) is 16.1 Å². The molecule has 0 aliphatic carbocycles. The summed E-state index contributed by atoms with van der Waals surface area (Å²) in [5.74, 6) is -0.0563. The molecule has 2 heterocycles. The highest BCUT2D eigenvalue weighted by molar-refractivity contribution is 5.84. The Hall–Kier alpha value is -2.11. The van der Waals surface area contributed by atoms with Crippen LogP contribution in [0.4, 0.5) is 0 Å². The molecule has 0 saturated carbocycles. The number of rotatable bonds is 6. The van der Waals surface area contributed by atoms with Gasteiger partial charge in [-0.1, -0.05) is 12.5 Å². The second kappa shape index (κ2) is 8.36. The highest BCUT2D eigenvalue weighted by atomic mass is 16.2. The molecule has 6 heteroatoms. The molecule has 0 aromatic carbocycles. The Bertz CT molecular complexity index is 568. The summed E-state index contributed by atoms with van der Waals surface area (Å²) in [6.45, 7) is 1.89. The molecule has 0 bridgehead atoms. The molecule has 6 nitrogen and oxygen atoms in total. The van der Waals surface area contributed by atoms with Crippen molar-refractivity contribution < 1.29 is 9.59 Å². The van der Waals surface area contributed by atoms with Crippen LogP contribution < -0.4 is 10.9 Å². The van der Waals surface area contributed by atoms with Crippen LogP contribution in [0, 0.1) is 0 Å². The van der Waals surface area contributed by atoms with Crippen molar-refractivity contribution in [2.24, 2.45) is 0 Å². The van der Waals surface area contributed by atoms with Crippen molar-refractivity contribution >= 4 is 11.8 Å². The van der Waals surface area contributed by atoms with Crippen LogP contribution >= 0.6 is 0 Å². The molecule has 1 N–H and O–H groups in total. The van der Waals surface area contributed by atoms with Crippen LogP contribution in [0.5, 0.6) is 0 Å². The average molecular weight is 305 g/mol. The molecule has 22 heavy (non-hydrogen) atoms. The van der Waals surface area contributed by atoms with Gasteiger partial charge in [-0.05, 0) is 25.3 Å². The van der Waals surface area contributed by atoms with Crippen molar-refractivity contribution in [3.05, 3.63) is 34.7 Å². The number of aromatic nitrogens is 1. The molecule has 0 unspecified atom stereocenters. The van der Waals surface area contributed by atoms with Gasteiger partial charge in [-0.25, -0.2) is 0 Å². The number of aryl methyl sites for hydroxylation is 1. The number of carbonyl (C=O) groups excluding carboxylic acids is 2. The summed E-state index contributed by atoms with van der Waals surface area (Å²) < 4.78 is 1.62. The van der Waals surface area contributed by atoms with Gasteiger partial charge in [0.05, 0.1) is 6.54 Å². The fourth-order valence-electron chi connectivity index (χ4n) is 2.56. The van der Waals surface area contributed by atoms with E-state index in [2.05, 4.69) is 5.32 Å². The van der Waals surface area contributed by atoms with Gasteiger partial charge < -0.3 is 14.8 Å². The van der Waals surface area contributed by atoms with Crippen LogP contribution in [0.3, 0.4) is 0 Å². The molecule has 2 amide bonds. The van der Waals surface area contributed by atoms with E-state index in [9.17, 15) is 14.4 Å². The second-order valence-corrected chi connectivity index (χ2v) is 5.56. The van der Waals surface area contributed by atoms with Gasteiger partial charge in [-0.15, -0.1) is 0 Å². The fraction of sp³-hybridized carbons (Fsp3) is 0.562. The summed E-state index contributed by atoms with van der Waals surface area (Å²) in [6.07, 6.45) is 5.91. The summed E-state index contributed by atoms with van der Waals surface area (Å²) >= 11 is 0. The molecule has 0 spiro atoms. The van der Waals surface area contributed by atoms with E-state index in [-0.39, 0.29) is 23.9 Å². The zero-order valence-corrected chi connectivity index (χ0v) is 12.8. The first-order valence-corrected chi connectivity index (χ1v) is 7.87. The predicted molar refractivity (Wildman–Crippen MR) is 83.4 cm³/mol. The number of amides is 2. The van der Waals surface area contributed by atoms with Gasteiger partial charge in [0.15, 0.2) is 0 Å². The van der Waals surface area contributed by atoms with Crippen molar-refractivity contribution in [2.45, 2.75) is 38.6 Å². The number of hydrogen-bond donors (Lipinski definition) is 1. The number of hydrogen-bond acceptors (Lipinski definition) is 3. The molecule has 120 valence electrons. The van der Waals surface area contributed by atoms with Gasteiger partial charge in [0.2, 0.25) is 17.4 Å². The third kappa shape index (κ3) is 5.02. The van der Waals surface area contributed by atoms with E-state index in [1.165, 1.54) is 6.07 Å². The Labute approximate surface area is 130 Å². The topological polar surface area (TPSA) is 71.4 Å². The van der Waals surface area contributed by atoms with Crippen molar-refractivity contribution in [2.75, 3.05) is 19.6 Å². The first-order chi connectivity index (χ1) is 10.7. The van der Waals surface area contributed by atoms with E-state index in [0.29, 0.717) is 32.5 Å². The third-order valence-corrected chi connectivity index (χ3v) is 3.80. The monoisotopic (exact) mass is 305 g/mol. The number of nitrogens with zero attached hydrogens (tertiary/aromatic N) is 2. The maximum absolute atomic E-state index is 11.9. The number of likely N-dealkylation sites (tertiary alicyclic amines) is 1. The summed E-state index contributed by atoms with van der Waals surface area (Å²) in [5.41, 5.74) is -0.0380. The van der Waals surface area contributed by atoms with E-state index in [1.54, 1.807) is 21.7 Å². The molecule has 1 aliphatic rings. The van der Waals surface area contributed by atoms with Crippen LogP contribution in [0.25, 0.3) is 0 Å². The van der Waals surface area contributed by atoms with Gasteiger partial charge in [0, 0.05) is 38.3 Å². The second-order valence-electron chi connectivity index (χ2n) is 5.56. The minimum atomic E-state index is -0.129. The van der Waals surface area contributed by atoms with Gasteiger partial charge in [0.25, 0.3) is 0 Å². The van der Waals surface area contributed by atoms with Crippen LogP contribution in [0.2, 0.25) is 0 Å². The molecule has 1 aliphatic heterocycles. The molecular weight excluding hydrogens is 282 g/mol. The lowest BCUT2D eigenvalue weighted by Gasteiger charge is -2.19. The minimum absolute atomic E-state index is 0.0380. The summed E-state index contributed by atoms with van der Waals surface area (Å²) in [6, 6.07) is 5.03. The normalized spacial score (nSPS) is 15.5. The van der Waals surface area contributed by atoms with Crippen molar-refractivity contribution in [3.63, 3.8) is 0 Å². The van der Waals surface area contributed by atoms with E-state index in [1.807, 2.05) is 6.07 Å². The van der Waals surface area contributed by atoms with Crippen molar-refractivity contribution in [1.29, 1.82) is 0 Å². The molecule has 0 radical (unpaired) electrons. The Kier molecular flexibility index (Phi) is 6.18. The number of carbonyl (C=O) groups is 2. The molecule has 1 aromatic heterocycles. The molecule has 1 aromatic rings. The van der Waals surface area contributed by atoms with Crippen molar-refractivity contribution in [1.82, 2.24) is 14.8 Å². The maximum atomic E-state index is 11.9. The molecule has 1 saturated heterocycles. The lowest BCUT2D eigenvalue weighted by atomic mass is 10.2. The largest absolute Gasteiger partial charge is 0.354 e. The summed E-state index contributed by atoms with van der Waals surface area (Å²) in [5, 5.41) is 2.81. The van der Waals surface area contributed by atoms with E-state index in [4.69, 9.17) is 0 Å². The van der Waals surface area contributed by atoms with E-state index >= 15 is 0 Å². The van der Waals surface area contributed by atoms with Gasteiger partial charge >= 0.3 is 0 Å². The first kappa shape index (κ1) is 16.3. The number of nitrogens with one attached hydrogen (secondary N) is 1. The SMILES string of the molecule is O=C(CN1CCCCCC1=O)NCCCn1ccccc1=O. The summed E-state index contributed by atoms with van der Waals surface area (Å²) in [7, 11) is 0. The Morgan fingerprint density at radius 3 is 2.86 bits per heavy atom. The zero-order valence-electron chi connectivity index (χ0n) is 12.8. The predicted octanol–water partition coefficient (Wildman–Crippen LogP) is 0.757. The quantitative estimate of drug-likeness (QED) is 0.789. The fourth-order valence-corrected chi connectivity index (χ4v) is 2.56. The van der Waals surface area contributed by atoms with Crippen LogP contribution in [0.1, 0.15) is 32.1 Å². The highest BCUT2D eigenvalue weighted by Crippen LogP contribution is 2.10. The van der Waals surface area contributed by atoms with Crippen LogP contribution in [-0.4, -0.2) is 40.9 Å². The lowest BCUT2D eigenvalue weighted by Crippen LogP contribution is -2.40.